The molecule has 96 valence electrons. The third-order valence-electron chi connectivity index (χ3n) is 2.51. The van der Waals surface area contributed by atoms with Crippen LogP contribution in [-0.2, 0) is 5.33 Å². The van der Waals surface area contributed by atoms with Gasteiger partial charge in [-0.05, 0) is 18.1 Å². The van der Waals surface area contributed by atoms with Crippen LogP contribution in [0.2, 0.25) is 0 Å². The summed E-state index contributed by atoms with van der Waals surface area (Å²) in [5.74, 6) is 1.99. The Morgan fingerprint density at radius 2 is 2.11 bits per heavy atom. The number of hydrogen-bond acceptors (Lipinski definition) is 4. The van der Waals surface area contributed by atoms with E-state index in [2.05, 4.69) is 21.1 Å². The fourth-order valence-electron chi connectivity index (χ4n) is 1.75. The minimum absolute atomic E-state index is 0.497. The van der Waals surface area contributed by atoms with Gasteiger partial charge in [0.2, 0.25) is 0 Å². The zero-order chi connectivity index (χ0) is 13.0. The van der Waals surface area contributed by atoms with E-state index >= 15 is 0 Å². The minimum atomic E-state index is 0.497. The quantitative estimate of drug-likeness (QED) is 0.791. The van der Waals surface area contributed by atoms with Gasteiger partial charge in [-0.3, -0.25) is 0 Å². The van der Waals surface area contributed by atoms with Crippen molar-refractivity contribution in [2.75, 3.05) is 13.7 Å². The van der Waals surface area contributed by atoms with E-state index in [0.717, 1.165) is 22.6 Å². The van der Waals surface area contributed by atoms with Crippen molar-refractivity contribution in [3.8, 4) is 22.8 Å². The summed E-state index contributed by atoms with van der Waals surface area (Å²) in [4.78, 5) is 0. The smallest absolute Gasteiger partial charge is 0.262 e. The van der Waals surface area contributed by atoms with Crippen LogP contribution in [0.1, 0.15) is 12.7 Å². The molecule has 0 atom stereocenters. The number of halogens is 1. The number of ether oxygens (including phenoxy) is 2. The number of alkyl halides is 1. The van der Waals surface area contributed by atoms with E-state index in [1.807, 2.05) is 31.2 Å². The monoisotopic (exact) mass is 311 g/mol. The van der Waals surface area contributed by atoms with Crippen LogP contribution in [0.15, 0.2) is 28.8 Å². The Hall–Kier alpha value is -1.49. The van der Waals surface area contributed by atoms with E-state index in [1.165, 1.54) is 0 Å². The summed E-state index contributed by atoms with van der Waals surface area (Å²) in [6, 6.07) is 7.72. The van der Waals surface area contributed by atoms with Crippen molar-refractivity contribution in [2.45, 2.75) is 12.3 Å². The van der Waals surface area contributed by atoms with Crippen LogP contribution in [0.25, 0.3) is 11.1 Å². The fourth-order valence-corrected chi connectivity index (χ4v) is 2.13. The van der Waals surface area contributed by atoms with Gasteiger partial charge >= 0.3 is 0 Å². The van der Waals surface area contributed by atoms with Crippen LogP contribution in [0.5, 0.6) is 11.6 Å². The second kappa shape index (κ2) is 5.91. The van der Waals surface area contributed by atoms with E-state index in [0.29, 0.717) is 17.8 Å². The lowest BCUT2D eigenvalue weighted by Gasteiger charge is -2.08. The molecule has 5 heteroatoms. The third kappa shape index (κ3) is 2.36. The molecule has 0 N–H and O–H groups in total. The Morgan fingerprint density at radius 3 is 2.78 bits per heavy atom. The SMILES string of the molecule is CCOc1noc(CBr)c1-c1ccccc1OC. The van der Waals surface area contributed by atoms with Crippen LogP contribution in [0, 0.1) is 0 Å². The summed E-state index contributed by atoms with van der Waals surface area (Å²) in [5, 5.41) is 4.52. The van der Waals surface area contributed by atoms with E-state index < -0.39 is 0 Å². The molecule has 1 aromatic heterocycles. The van der Waals surface area contributed by atoms with E-state index in [1.54, 1.807) is 7.11 Å². The largest absolute Gasteiger partial charge is 0.496 e. The predicted octanol–water partition coefficient (Wildman–Crippen LogP) is 3.64. The molecule has 0 unspecified atom stereocenters. The minimum Gasteiger partial charge on any atom is -0.496 e. The zero-order valence-electron chi connectivity index (χ0n) is 10.3. The molecule has 4 nitrogen and oxygen atoms in total. The molecule has 0 bridgehead atoms. The average Bonchev–Trinajstić information content (AvgIpc) is 2.82. The first-order chi connectivity index (χ1) is 8.81. The van der Waals surface area contributed by atoms with Crippen molar-refractivity contribution in [3.63, 3.8) is 0 Å². The molecule has 0 fully saturated rings. The van der Waals surface area contributed by atoms with Gasteiger partial charge in [-0.1, -0.05) is 34.1 Å². The van der Waals surface area contributed by atoms with Gasteiger partial charge in [0, 0.05) is 5.56 Å². The second-order valence-corrected chi connectivity index (χ2v) is 4.11. The van der Waals surface area contributed by atoms with Gasteiger partial charge in [0.15, 0.2) is 5.76 Å². The predicted molar refractivity (Wildman–Crippen MR) is 72.3 cm³/mol. The second-order valence-electron chi connectivity index (χ2n) is 3.55. The van der Waals surface area contributed by atoms with Gasteiger partial charge in [0.05, 0.1) is 24.6 Å². The number of benzene rings is 1. The molecule has 1 aromatic carbocycles. The topological polar surface area (TPSA) is 44.5 Å². The van der Waals surface area contributed by atoms with E-state index in [4.69, 9.17) is 14.0 Å². The van der Waals surface area contributed by atoms with Crippen molar-refractivity contribution in [2.24, 2.45) is 0 Å². The van der Waals surface area contributed by atoms with Gasteiger partial charge in [-0.15, -0.1) is 0 Å². The maximum atomic E-state index is 5.49. The Morgan fingerprint density at radius 1 is 1.33 bits per heavy atom. The summed E-state index contributed by atoms with van der Waals surface area (Å²) in [7, 11) is 1.64. The molecule has 0 aliphatic heterocycles. The highest BCUT2D eigenvalue weighted by Crippen LogP contribution is 2.39. The first-order valence-corrected chi connectivity index (χ1v) is 6.74. The first kappa shape index (κ1) is 13.0. The maximum Gasteiger partial charge on any atom is 0.262 e. The molecule has 0 radical (unpaired) electrons. The average molecular weight is 312 g/mol. The number of nitrogens with zero attached hydrogens (tertiary/aromatic N) is 1. The van der Waals surface area contributed by atoms with Crippen molar-refractivity contribution in [1.82, 2.24) is 5.16 Å². The van der Waals surface area contributed by atoms with Gasteiger partial charge in [-0.2, -0.15) is 0 Å². The molecule has 2 rings (SSSR count). The lowest BCUT2D eigenvalue weighted by molar-refractivity contribution is 0.291. The highest BCUT2D eigenvalue weighted by atomic mass is 79.9. The van der Waals surface area contributed by atoms with Gasteiger partial charge in [-0.25, -0.2) is 0 Å². The van der Waals surface area contributed by atoms with Gasteiger partial charge < -0.3 is 14.0 Å². The molecule has 0 spiro atoms. The maximum absolute atomic E-state index is 5.49. The number of para-hydroxylation sites is 1. The number of hydrogen-bond donors (Lipinski definition) is 0. The van der Waals surface area contributed by atoms with E-state index in [9.17, 15) is 0 Å². The summed E-state index contributed by atoms with van der Waals surface area (Å²) < 4.78 is 16.1. The van der Waals surface area contributed by atoms with Crippen LogP contribution in [-0.4, -0.2) is 18.9 Å². The summed E-state index contributed by atoms with van der Waals surface area (Å²) in [6.07, 6.45) is 0. The van der Waals surface area contributed by atoms with Crippen LogP contribution in [0.4, 0.5) is 0 Å². The first-order valence-electron chi connectivity index (χ1n) is 5.62. The molecule has 0 saturated carbocycles. The molecule has 0 amide bonds. The molecular formula is C13H14BrNO3. The molecule has 1 heterocycles. The highest BCUT2D eigenvalue weighted by molar-refractivity contribution is 9.08. The molecular weight excluding hydrogens is 298 g/mol. The Kier molecular flexibility index (Phi) is 4.25. The van der Waals surface area contributed by atoms with Gasteiger partial charge in [0.1, 0.15) is 5.75 Å². The van der Waals surface area contributed by atoms with Crippen LogP contribution < -0.4 is 9.47 Å². The third-order valence-corrected chi connectivity index (χ3v) is 3.02. The molecule has 0 saturated heterocycles. The molecule has 18 heavy (non-hydrogen) atoms. The number of aromatic nitrogens is 1. The molecule has 2 aromatic rings. The summed E-state index contributed by atoms with van der Waals surface area (Å²) in [5.41, 5.74) is 1.75. The number of rotatable bonds is 5. The normalized spacial score (nSPS) is 10.4. The summed E-state index contributed by atoms with van der Waals surface area (Å²) in [6.45, 7) is 2.45. The van der Waals surface area contributed by atoms with Gasteiger partial charge in [0.25, 0.3) is 5.88 Å². The zero-order valence-corrected chi connectivity index (χ0v) is 11.9. The lowest BCUT2D eigenvalue weighted by atomic mass is 10.1. The highest BCUT2D eigenvalue weighted by Gasteiger charge is 2.20. The molecule has 0 aliphatic rings. The number of methoxy groups -OCH3 is 1. The van der Waals surface area contributed by atoms with Crippen LogP contribution >= 0.6 is 15.9 Å². The van der Waals surface area contributed by atoms with E-state index in [-0.39, 0.29) is 0 Å². The summed E-state index contributed by atoms with van der Waals surface area (Å²) >= 11 is 3.39. The van der Waals surface area contributed by atoms with Crippen molar-refractivity contribution < 1.29 is 14.0 Å². The van der Waals surface area contributed by atoms with Crippen molar-refractivity contribution in [3.05, 3.63) is 30.0 Å². The Labute approximate surface area is 114 Å². The Balaban J connectivity index is 2.57. The standard InChI is InChI=1S/C13H14BrNO3/c1-3-17-13-12(11(8-14)18-15-13)9-6-4-5-7-10(9)16-2/h4-7H,3,8H2,1-2H3. The van der Waals surface area contributed by atoms with Crippen LogP contribution in [0.3, 0.4) is 0 Å². The lowest BCUT2D eigenvalue weighted by Crippen LogP contribution is -1.95. The Bertz CT molecular complexity index is 525. The van der Waals surface area contributed by atoms with Crippen molar-refractivity contribution in [1.29, 1.82) is 0 Å². The molecule has 0 aliphatic carbocycles. The fraction of sp³-hybridized carbons (Fsp3) is 0.308. The van der Waals surface area contributed by atoms with Crippen molar-refractivity contribution >= 4 is 15.9 Å².